The molecule has 1 atom stereocenters. The third-order valence-electron chi connectivity index (χ3n) is 6.11. The molecule has 3 aromatic heterocycles. The summed E-state index contributed by atoms with van der Waals surface area (Å²) in [6.07, 6.45) is 0.973. The molecule has 0 aliphatic carbocycles. The number of piperazine rings is 1. The number of H-pyrrole nitrogens is 1. The van der Waals surface area contributed by atoms with Crippen molar-refractivity contribution in [1.29, 1.82) is 0 Å². The van der Waals surface area contributed by atoms with E-state index in [0.717, 1.165) is 54.3 Å². The van der Waals surface area contributed by atoms with Crippen molar-refractivity contribution in [3.63, 3.8) is 0 Å². The fraction of sp³-hybridized carbons (Fsp3) is 0.333. The van der Waals surface area contributed by atoms with E-state index >= 15 is 0 Å². The molecule has 170 valence electrons. The Morgan fingerprint density at radius 3 is 2.70 bits per heavy atom. The van der Waals surface area contributed by atoms with Gasteiger partial charge in [0, 0.05) is 56.1 Å². The van der Waals surface area contributed by atoms with Gasteiger partial charge in [-0.05, 0) is 42.8 Å². The normalized spacial score (nSPS) is 15.9. The van der Waals surface area contributed by atoms with Gasteiger partial charge in [-0.3, -0.25) is 9.88 Å². The first-order valence-electron chi connectivity index (χ1n) is 11.1. The maximum atomic E-state index is 13.0. The molecule has 1 fully saturated rings. The summed E-state index contributed by atoms with van der Waals surface area (Å²) in [5, 5.41) is 3.39. The molecular weight excluding hydrogens is 424 g/mol. The second kappa shape index (κ2) is 9.29. The van der Waals surface area contributed by atoms with Gasteiger partial charge in [-0.15, -0.1) is 0 Å². The Bertz CT molecular complexity index is 1250. The number of fused-ring (bicyclic) bond motifs is 1. The lowest BCUT2D eigenvalue weighted by molar-refractivity contribution is 0.146. The monoisotopic (exact) mass is 449 g/mol. The van der Waals surface area contributed by atoms with Crippen molar-refractivity contribution in [2.24, 2.45) is 0 Å². The zero-order valence-corrected chi connectivity index (χ0v) is 18.3. The van der Waals surface area contributed by atoms with Crippen molar-refractivity contribution in [3.8, 4) is 11.3 Å². The molecule has 4 aromatic rings. The van der Waals surface area contributed by atoms with Gasteiger partial charge in [-0.1, -0.05) is 6.07 Å². The molecule has 0 spiro atoms. The summed E-state index contributed by atoms with van der Waals surface area (Å²) in [5.41, 5.74) is 4.73. The molecule has 33 heavy (non-hydrogen) atoms. The summed E-state index contributed by atoms with van der Waals surface area (Å²) in [6.45, 7) is 6.34. The van der Waals surface area contributed by atoms with Crippen LogP contribution < -0.4 is 5.32 Å². The van der Waals surface area contributed by atoms with Crippen LogP contribution >= 0.6 is 0 Å². The third-order valence-corrected chi connectivity index (χ3v) is 6.11. The number of nitrogens with zero attached hydrogens (tertiary/aromatic N) is 5. The van der Waals surface area contributed by atoms with Crippen molar-refractivity contribution in [1.82, 2.24) is 35.1 Å². The molecule has 2 N–H and O–H groups in total. The molecule has 0 bridgehead atoms. The summed E-state index contributed by atoms with van der Waals surface area (Å²) in [5.74, 6) is 0.803. The summed E-state index contributed by atoms with van der Waals surface area (Å²) in [7, 11) is 0. The van der Waals surface area contributed by atoms with Crippen LogP contribution in [-0.4, -0.2) is 56.0 Å². The topological polar surface area (TPSA) is 82.6 Å². The van der Waals surface area contributed by atoms with E-state index in [4.69, 9.17) is 0 Å². The zero-order valence-electron chi connectivity index (χ0n) is 18.3. The summed E-state index contributed by atoms with van der Waals surface area (Å²) in [6, 6.07) is 11.5. The lowest BCUT2D eigenvalue weighted by atomic mass is 10.1. The summed E-state index contributed by atoms with van der Waals surface area (Å²) in [4.78, 5) is 22.8. The van der Waals surface area contributed by atoms with Crippen LogP contribution in [0.4, 0.5) is 8.78 Å². The van der Waals surface area contributed by atoms with E-state index < -0.39 is 6.43 Å². The number of alkyl halides is 2. The maximum Gasteiger partial charge on any atom is 0.280 e. The second-order valence-electron chi connectivity index (χ2n) is 8.26. The molecule has 1 saturated heterocycles. The SMILES string of the molecule is CC(c1ccnc(Cc2nc3ccc(-c4cc(C(F)F)ncn4)cc3[nH]2)c1)N1CCNCC1. The number of imidazole rings is 1. The number of hydrogen-bond acceptors (Lipinski definition) is 6. The molecule has 1 aliphatic heterocycles. The quantitative estimate of drug-likeness (QED) is 0.465. The molecule has 9 heteroatoms. The van der Waals surface area contributed by atoms with Crippen LogP contribution in [0.2, 0.25) is 0 Å². The van der Waals surface area contributed by atoms with Crippen LogP contribution in [-0.2, 0) is 6.42 Å². The number of aromatic nitrogens is 5. The highest BCUT2D eigenvalue weighted by atomic mass is 19.3. The summed E-state index contributed by atoms with van der Waals surface area (Å²) >= 11 is 0. The number of aromatic amines is 1. The third kappa shape index (κ3) is 4.74. The van der Waals surface area contributed by atoms with Crippen LogP contribution in [0.15, 0.2) is 48.9 Å². The fourth-order valence-corrected chi connectivity index (χ4v) is 4.26. The van der Waals surface area contributed by atoms with Crippen LogP contribution in [0, 0.1) is 0 Å². The van der Waals surface area contributed by atoms with E-state index in [-0.39, 0.29) is 5.69 Å². The molecule has 4 heterocycles. The van der Waals surface area contributed by atoms with Gasteiger partial charge in [0.2, 0.25) is 0 Å². The van der Waals surface area contributed by atoms with Crippen molar-refractivity contribution >= 4 is 11.0 Å². The molecule has 0 saturated carbocycles. The Labute approximate surface area is 190 Å². The first-order chi connectivity index (χ1) is 16.1. The maximum absolute atomic E-state index is 13.0. The number of pyridine rings is 1. The van der Waals surface area contributed by atoms with E-state index in [1.165, 1.54) is 18.0 Å². The molecule has 1 aromatic carbocycles. The standard InChI is InChI=1S/C24H25F2N7/c1-15(33-8-6-27-7-9-33)16-4-5-28-18(10-16)12-23-31-19-3-2-17(11-21(19)32-23)20-13-22(24(25)26)30-14-29-20/h2-5,10-11,13-15,24,27H,6-9,12H2,1H3,(H,31,32). The van der Waals surface area contributed by atoms with E-state index in [2.05, 4.69) is 54.2 Å². The molecule has 0 amide bonds. The van der Waals surface area contributed by atoms with Gasteiger partial charge in [0.1, 0.15) is 17.8 Å². The minimum atomic E-state index is -2.63. The highest BCUT2D eigenvalue weighted by molar-refractivity contribution is 5.81. The van der Waals surface area contributed by atoms with E-state index in [0.29, 0.717) is 18.2 Å². The van der Waals surface area contributed by atoms with Crippen LogP contribution in [0.3, 0.4) is 0 Å². The lowest BCUT2D eigenvalue weighted by Gasteiger charge is -2.33. The highest BCUT2D eigenvalue weighted by Gasteiger charge is 2.18. The predicted octanol–water partition coefficient (Wildman–Crippen LogP) is 3.91. The molecule has 7 nitrogen and oxygen atoms in total. The number of nitrogens with one attached hydrogen (secondary N) is 2. The molecule has 0 radical (unpaired) electrons. The first-order valence-corrected chi connectivity index (χ1v) is 11.1. The minimum absolute atomic E-state index is 0.286. The first kappa shape index (κ1) is 21.5. The number of halogens is 2. The summed E-state index contributed by atoms with van der Waals surface area (Å²) < 4.78 is 26.0. The Morgan fingerprint density at radius 2 is 1.88 bits per heavy atom. The average Bonchev–Trinajstić information content (AvgIpc) is 3.25. The van der Waals surface area contributed by atoms with Gasteiger partial charge in [0.25, 0.3) is 6.43 Å². The largest absolute Gasteiger partial charge is 0.342 e. The number of benzene rings is 1. The predicted molar refractivity (Wildman–Crippen MR) is 122 cm³/mol. The van der Waals surface area contributed by atoms with Gasteiger partial charge >= 0.3 is 0 Å². The number of hydrogen-bond donors (Lipinski definition) is 2. The molecule has 1 aliphatic rings. The van der Waals surface area contributed by atoms with Gasteiger partial charge in [-0.2, -0.15) is 0 Å². The minimum Gasteiger partial charge on any atom is -0.342 e. The van der Waals surface area contributed by atoms with Crippen molar-refractivity contribution in [3.05, 3.63) is 71.7 Å². The fourth-order valence-electron chi connectivity index (χ4n) is 4.26. The van der Waals surface area contributed by atoms with Crippen molar-refractivity contribution < 1.29 is 8.78 Å². The highest BCUT2D eigenvalue weighted by Crippen LogP contribution is 2.26. The Kier molecular flexibility index (Phi) is 6.06. The molecular formula is C24H25F2N7. The van der Waals surface area contributed by atoms with E-state index in [1.54, 1.807) is 0 Å². The number of rotatable bonds is 6. The van der Waals surface area contributed by atoms with Crippen LogP contribution in [0.1, 0.15) is 42.2 Å². The van der Waals surface area contributed by atoms with Crippen LogP contribution in [0.5, 0.6) is 0 Å². The Hall–Kier alpha value is -3.30. The Morgan fingerprint density at radius 1 is 1.03 bits per heavy atom. The van der Waals surface area contributed by atoms with Crippen LogP contribution in [0.25, 0.3) is 22.3 Å². The smallest absolute Gasteiger partial charge is 0.280 e. The van der Waals surface area contributed by atoms with Crippen molar-refractivity contribution in [2.75, 3.05) is 26.2 Å². The molecule has 5 rings (SSSR count). The van der Waals surface area contributed by atoms with Gasteiger partial charge in [-0.25, -0.2) is 23.7 Å². The second-order valence-corrected chi connectivity index (χ2v) is 8.26. The van der Waals surface area contributed by atoms with Gasteiger partial charge in [0.05, 0.1) is 16.7 Å². The molecule has 1 unspecified atom stereocenters. The zero-order chi connectivity index (χ0) is 22.8. The lowest BCUT2D eigenvalue weighted by Crippen LogP contribution is -2.44. The Balaban J connectivity index is 1.36. The van der Waals surface area contributed by atoms with E-state index in [1.807, 2.05) is 24.4 Å². The van der Waals surface area contributed by atoms with E-state index in [9.17, 15) is 8.78 Å². The average molecular weight is 450 g/mol. The van der Waals surface area contributed by atoms with Gasteiger partial charge < -0.3 is 10.3 Å². The van der Waals surface area contributed by atoms with Gasteiger partial charge in [0.15, 0.2) is 0 Å². The van der Waals surface area contributed by atoms with Crippen molar-refractivity contribution in [2.45, 2.75) is 25.8 Å².